The third-order valence-electron chi connectivity index (χ3n) is 4.69. The summed E-state index contributed by atoms with van der Waals surface area (Å²) in [6.07, 6.45) is 1.10. The van der Waals surface area contributed by atoms with E-state index in [1.165, 1.54) is 0 Å². The van der Waals surface area contributed by atoms with Crippen molar-refractivity contribution < 1.29 is 19.1 Å². The SMILES string of the molecule is CNC(=O)C[C@@H]1CN(C(=O)c2c(-c3ccccc3)coc2C)C[C@H]1O. The van der Waals surface area contributed by atoms with E-state index in [4.69, 9.17) is 4.42 Å². The molecule has 1 aliphatic rings. The predicted molar refractivity (Wildman–Crippen MR) is 93.0 cm³/mol. The topological polar surface area (TPSA) is 82.8 Å². The van der Waals surface area contributed by atoms with Gasteiger partial charge in [-0.15, -0.1) is 0 Å². The number of carbonyl (C=O) groups is 2. The maximum absolute atomic E-state index is 13.0. The summed E-state index contributed by atoms with van der Waals surface area (Å²) in [5.41, 5.74) is 2.16. The molecule has 2 aromatic rings. The maximum Gasteiger partial charge on any atom is 0.258 e. The molecule has 0 saturated carbocycles. The zero-order valence-corrected chi connectivity index (χ0v) is 14.4. The Bertz CT molecular complexity index is 769. The molecule has 2 amide bonds. The molecule has 2 atom stereocenters. The number of hydrogen-bond donors (Lipinski definition) is 2. The Labute approximate surface area is 146 Å². The molecule has 0 radical (unpaired) electrons. The highest BCUT2D eigenvalue weighted by atomic mass is 16.3. The van der Waals surface area contributed by atoms with Gasteiger partial charge < -0.3 is 19.7 Å². The van der Waals surface area contributed by atoms with Crippen molar-refractivity contribution in [1.82, 2.24) is 10.2 Å². The number of amides is 2. The molecule has 25 heavy (non-hydrogen) atoms. The zero-order valence-electron chi connectivity index (χ0n) is 14.4. The first-order chi connectivity index (χ1) is 12.0. The van der Waals surface area contributed by atoms with Gasteiger partial charge in [0, 0.05) is 38.0 Å². The highest BCUT2D eigenvalue weighted by Gasteiger charge is 2.37. The van der Waals surface area contributed by atoms with Gasteiger partial charge in [0.2, 0.25) is 5.91 Å². The number of furan rings is 1. The highest BCUT2D eigenvalue weighted by Crippen LogP contribution is 2.31. The van der Waals surface area contributed by atoms with Crippen molar-refractivity contribution >= 4 is 11.8 Å². The first-order valence-corrected chi connectivity index (χ1v) is 8.32. The van der Waals surface area contributed by atoms with Crippen LogP contribution in [0.4, 0.5) is 0 Å². The fraction of sp³-hybridized carbons (Fsp3) is 0.368. The molecule has 2 N–H and O–H groups in total. The molecule has 0 aliphatic carbocycles. The summed E-state index contributed by atoms with van der Waals surface area (Å²) < 4.78 is 5.49. The molecule has 1 saturated heterocycles. The van der Waals surface area contributed by atoms with Crippen LogP contribution in [-0.4, -0.2) is 48.1 Å². The van der Waals surface area contributed by atoms with E-state index in [9.17, 15) is 14.7 Å². The lowest BCUT2D eigenvalue weighted by molar-refractivity contribution is -0.122. The number of aryl methyl sites for hydroxylation is 1. The number of likely N-dealkylation sites (tertiary alicyclic amines) is 1. The van der Waals surface area contributed by atoms with Gasteiger partial charge in [0.05, 0.1) is 17.9 Å². The zero-order chi connectivity index (χ0) is 18.0. The molecule has 0 unspecified atom stereocenters. The van der Waals surface area contributed by atoms with Crippen LogP contribution < -0.4 is 5.32 Å². The first-order valence-electron chi connectivity index (χ1n) is 8.32. The number of carbonyl (C=O) groups excluding carboxylic acids is 2. The number of hydrogen-bond acceptors (Lipinski definition) is 4. The Hall–Kier alpha value is -2.60. The van der Waals surface area contributed by atoms with Gasteiger partial charge in [0.1, 0.15) is 5.76 Å². The fourth-order valence-electron chi connectivity index (χ4n) is 3.27. The Morgan fingerprint density at radius 1 is 1.28 bits per heavy atom. The minimum absolute atomic E-state index is 0.136. The smallest absolute Gasteiger partial charge is 0.258 e. The van der Waals surface area contributed by atoms with Crippen LogP contribution in [0.15, 0.2) is 41.0 Å². The summed E-state index contributed by atoms with van der Waals surface area (Å²) in [6.45, 7) is 2.33. The minimum Gasteiger partial charge on any atom is -0.468 e. The maximum atomic E-state index is 13.0. The second-order valence-corrected chi connectivity index (χ2v) is 6.36. The number of nitrogens with one attached hydrogen (secondary N) is 1. The summed E-state index contributed by atoms with van der Waals surface area (Å²) in [4.78, 5) is 26.2. The Morgan fingerprint density at radius 2 is 2.00 bits per heavy atom. The first kappa shape index (κ1) is 17.2. The van der Waals surface area contributed by atoms with Gasteiger partial charge in [0.25, 0.3) is 5.91 Å². The number of rotatable bonds is 4. The predicted octanol–water partition coefficient (Wildman–Crippen LogP) is 1.82. The number of nitrogens with zero attached hydrogens (tertiary/aromatic N) is 1. The lowest BCUT2D eigenvalue weighted by Crippen LogP contribution is -2.30. The standard InChI is InChI=1S/C19H22N2O4/c1-12-18(15(11-25-12)13-6-4-3-5-7-13)19(24)21-9-14(16(22)10-21)8-17(23)20-2/h3-7,11,14,16,22H,8-10H2,1-2H3,(H,20,23)/t14-,16-/m1/s1. The number of β-amino-alcohol motifs (C(OH)–C–C–N with tert-alkyl or cyclic N) is 1. The summed E-state index contributed by atoms with van der Waals surface area (Å²) in [5.74, 6) is -0.0178. The van der Waals surface area contributed by atoms with Crippen molar-refractivity contribution in [3.8, 4) is 11.1 Å². The second kappa shape index (κ2) is 7.11. The van der Waals surface area contributed by atoms with E-state index in [1.807, 2.05) is 30.3 Å². The van der Waals surface area contributed by atoms with Crippen molar-refractivity contribution in [3.05, 3.63) is 47.9 Å². The van der Waals surface area contributed by atoms with Gasteiger partial charge >= 0.3 is 0 Å². The largest absolute Gasteiger partial charge is 0.468 e. The average Bonchev–Trinajstić information content (AvgIpc) is 3.18. The van der Waals surface area contributed by atoms with Crippen LogP contribution in [0.2, 0.25) is 0 Å². The van der Waals surface area contributed by atoms with E-state index in [2.05, 4.69) is 5.32 Å². The van der Waals surface area contributed by atoms with E-state index in [-0.39, 0.29) is 30.7 Å². The fourth-order valence-corrected chi connectivity index (χ4v) is 3.27. The molecule has 1 aliphatic heterocycles. The lowest BCUT2D eigenvalue weighted by Gasteiger charge is -2.16. The van der Waals surface area contributed by atoms with Crippen molar-refractivity contribution in [2.45, 2.75) is 19.4 Å². The minimum atomic E-state index is -0.700. The van der Waals surface area contributed by atoms with Crippen molar-refractivity contribution in [3.63, 3.8) is 0 Å². The van der Waals surface area contributed by atoms with E-state index < -0.39 is 6.10 Å². The number of aliphatic hydroxyl groups is 1. The molecule has 6 nitrogen and oxygen atoms in total. The molecule has 132 valence electrons. The molecule has 0 bridgehead atoms. The van der Waals surface area contributed by atoms with Crippen LogP contribution >= 0.6 is 0 Å². The molecule has 6 heteroatoms. The van der Waals surface area contributed by atoms with Gasteiger partial charge in [-0.1, -0.05) is 30.3 Å². The Morgan fingerprint density at radius 3 is 2.68 bits per heavy atom. The van der Waals surface area contributed by atoms with Crippen LogP contribution in [0.1, 0.15) is 22.5 Å². The molecule has 0 spiro atoms. The molecule has 2 heterocycles. The third-order valence-corrected chi connectivity index (χ3v) is 4.69. The van der Waals surface area contributed by atoms with Crippen molar-refractivity contribution in [1.29, 1.82) is 0 Å². The molecule has 1 aromatic carbocycles. The molecule has 3 rings (SSSR count). The third kappa shape index (κ3) is 3.44. The van der Waals surface area contributed by atoms with Crippen molar-refractivity contribution in [2.24, 2.45) is 5.92 Å². The van der Waals surface area contributed by atoms with E-state index in [1.54, 1.807) is 25.1 Å². The van der Waals surface area contributed by atoms with E-state index in [0.717, 1.165) is 11.1 Å². The normalized spacial score (nSPS) is 19.9. The number of benzene rings is 1. The van der Waals surface area contributed by atoms with Crippen LogP contribution in [-0.2, 0) is 4.79 Å². The van der Waals surface area contributed by atoms with Crippen LogP contribution in [0.5, 0.6) is 0 Å². The van der Waals surface area contributed by atoms with E-state index >= 15 is 0 Å². The lowest BCUT2D eigenvalue weighted by atomic mass is 10.0. The van der Waals surface area contributed by atoms with Gasteiger partial charge in [-0.3, -0.25) is 9.59 Å². The summed E-state index contributed by atoms with van der Waals surface area (Å²) in [6, 6.07) is 9.58. The van der Waals surface area contributed by atoms with Gasteiger partial charge in [-0.05, 0) is 12.5 Å². The van der Waals surface area contributed by atoms with Gasteiger partial charge in [-0.25, -0.2) is 0 Å². The van der Waals surface area contributed by atoms with Crippen LogP contribution in [0.25, 0.3) is 11.1 Å². The van der Waals surface area contributed by atoms with Gasteiger partial charge in [0.15, 0.2) is 0 Å². The highest BCUT2D eigenvalue weighted by molar-refractivity contribution is 6.02. The summed E-state index contributed by atoms with van der Waals surface area (Å²) in [7, 11) is 1.56. The second-order valence-electron chi connectivity index (χ2n) is 6.36. The van der Waals surface area contributed by atoms with Crippen molar-refractivity contribution in [2.75, 3.05) is 20.1 Å². The molecule has 1 fully saturated rings. The van der Waals surface area contributed by atoms with Gasteiger partial charge in [-0.2, -0.15) is 0 Å². The summed E-state index contributed by atoms with van der Waals surface area (Å²) >= 11 is 0. The monoisotopic (exact) mass is 342 g/mol. The number of aliphatic hydroxyl groups excluding tert-OH is 1. The summed E-state index contributed by atoms with van der Waals surface area (Å²) in [5, 5.41) is 12.8. The quantitative estimate of drug-likeness (QED) is 0.888. The molecular formula is C19H22N2O4. The Balaban J connectivity index is 1.83. The molecule has 1 aromatic heterocycles. The average molecular weight is 342 g/mol. The van der Waals surface area contributed by atoms with Crippen LogP contribution in [0.3, 0.4) is 0 Å². The Kier molecular flexibility index (Phi) is 4.90. The molecular weight excluding hydrogens is 320 g/mol. The van der Waals surface area contributed by atoms with Crippen LogP contribution in [0, 0.1) is 12.8 Å². The van der Waals surface area contributed by atoms with E-state index in [0.29, 0.717) is 17.9 Å².